The molecule has 0 bridgehead atoms. The third-order valence-electron chi connectivity index (χ3n) is 3.70. The van der Waals surface area contributed by atoms with Crippen molar-refractivity contribution in [2.75, 3.05) is 0 Å². The average molecular weight is 273 g/mol. The molecule has 1 heterocycles. The number of nitrogens with zero attached hydrogens (tertiary/aromatic N) is 2. The smallest absolute Gasteiger partial charge is 0.0841 e. The van der Waals surface area contributed by atoms with Crippen molar-refractivity contribution >= 4 is 10.9 Å². The molecule has 1 aromatic carbocycles. The normalized spacial score (nSPS) is 13.8. The first-order valence-corrected chi connectivity index (χ1v) is 7.60. The highest BCUT2D eigenvalue weighted by molar-refractivity contribution is 5.81. The maximum absolute atomic E-state index is 4.83. The van der Waals surface area contributed by atoms with E-state index in [1.54, 1.807) is 0 Å². The highest BCUT2D eigenvalue weighted by Gasteiger charge is 2.14. The van der Waals surface area contributed by atoms with Gasteiger partial charge < -0.3 is 5.32 Å². The van der Waals surface area contributed by atoms with Gasteiger partial charge in [-0.1, -0.05) is 38.5 Å². The second-order valence-corrected chi connectivity index (χ2v) is 6.76. The Labute approximate surface area is 122 Å². The molecule has 110 valence electrons. The van der Waals surface area contributed by atoms with E-state index in [0.717, 1.165) is 18.8 Å². The Morgan fingerprint density at radius 3 is 2.60 bits per heavy atom. The minimum absolute atomic E-state index is 0.113. The lowest BCUT2D eigenvalue weighted by atomic mass is 10.1. The number of hydrogen-bond donors (Lipinski definition) is 1. The van der Waals surface area contributed by atoms with Crippen molar-refractivity contribution < 1.29 is 0 Å². The first-order chi connectivity index (χ1) is 9.40. The Morgan fingerprint density at radius 2 is 1.95 bits per heavy atom. The summed E-state index contributed by atoms with van der Waals surface area (Å²) in [4.78, 5) is 0. The van der Waals surface area contributed by atoms with E-state index in [-0.39, 0.29) is 5.54 Å². The van der Waals surface area contributed by atoms with E-state index in [1.165, 1.54) is 17.3 Å². The molecule has 20 heavy (non-hydrogen) atoms. The molecule has 0 aliphatic heterocycles. The van der Waals surface area contributed by atoms with Crippen LogP contribution in [0.2, 0.25) is 0 Å². The minimum atomic E-state index is 0.113. The fourth-order valence-electron chi connectivity index (χ4n) is 2.24. The predicted molar refractivity (Wildman–Crippen MR) is 85.8 cm³/mol. The summed E-state index contributed by atoms with van der Waals surface area (Å²) in [5.41, 5.74) is 2.51. The van der Waals surface area contributed by atoms with Crippen LogP contribution in [0.5, 0.6) is 0 Å². The molecule has 0 fully saturated rings. The molecular formula is C17H27N3. The quantitative estimate of drug-likeness (QED) is 0.893. The summed E-state index contributed by atoms with van der Waals surface area (Å²) in [5, 5.41) is 9.64. The van der Waals surface area contributed by atoms with Gasteiger partial charge >= 0.3 is 0 Å². The monoisotopic (exact) mass is 273 g/mol. The molecule has 1 unspecified atom stereocenters. The zero-order valence-electron chi connectivity index (χ0n) is 13.4. The van der Waals surface area contributed by atoms with Crippen LogP contribution < -0.4 is 5.32 Å². The summed E-state index contributed by atoms with van der Waals surface area (Å²) in [5.74, 6) is 0.654. The van der Waals surface area contributed by atoms with Crippen molar-refractivity contribution in [1.82, 2.24) is 15.1 Å². The molecule has 1 atom stereocenters. The van der Waals surface area contributed by atoms with Crippen LogP contribution in [0.1, 0.15) is 46.7 Å². The van der Waals surface area contributed by atoms with Crippen LogP contribution in [-0.2, 0) is 13.1 Å². The highest BCUT2D eigenvalue weighted by Crippen LogP contribution is 2.20. The number of para-hydroxylation sites is 1. The van der Waals surface area contributed by atoms with E-state index in [1.807, 2.05) is 0 Å². The Kier molecular flexibility index (Phi) is 4.48. The Morgan fingerprint density at radius 1 is 1.25 bits per heavy atom. The second kappa shape index (κ2) is 5.96. The maximum Gasteiger partial charge on any atom is 0.0841 e. The third-order valence-corrected chi connectivity index (χ3v) is 3.70. The molecule has 0 spiro atoms. The number of fused-ring (bicyclic) bond motifs is 1. The molecule has 3 nitrogen and oxygen atoms in total. The minimum Gasteiger partial charge on any atom is -0.306 e. The first kappa shape index (κ1) is 15.0. The van der Waals surface area contributed by atoms with Gasteiger partial charge in [0.15, 0.2) is 0 Å². The van der Waals surface area contributed by atoms with Crippen LogP contribution >= 0.6 is 0 Å². The van der Waals surface area contributed by atoms with Gasteiger partial charge in [0.2, 0.25) is 0 Å². The lowest BCUT2D eigenvalue weighted by Gasteiger charge is -2.19. The molecule has 0 aliphatic carbocycles. The second-order valence-electron chi connectivity index (χ2n) is 6.76. The van der Waals surface area contributed by atoms with Gasteiger partial charge in [0, 0.05) is 24.0 Å². The van der Waals surface area contributed by atoms with Crippen LogP contribution in [-0.4, -0.2) is 15.3 Å². The number of hydrogen-bond acceptors (Lipinski definition) is 2. The van der Waals surface area contributed by atoms with Gasteiger partial charge in [-0.05, 0) is 32.8 Å². The van der Waals surface area contributed by atoms with E-state index in [9.17, 15) is 0 Å². The Bertz CT molecular complexity index is 563. The van der Waals surface area contributed by atoms with Gasteiger partial charge in [0.25, 0.3) is 0 Å². The summed E-state index contributed by atoms with van der Waals surface area (Å²) >= 11 is 0. The van der Waals surface area contributed by atoms with Crippen LogP contribution in [0.25, 0.3) is 10.9 Å². The molecule has 0 radical (unpaired) electrons. The van der Waals surface area contributed by atoms with Crippen molar-refractivity contribution in [3.05, 3.63) is 30.0 Å². The fourth-order valence-corrected chi connectivity index (χ4v) is 2.24. The Balaban J connectivity index is 2.30. The average Bonchev–Trinajstić information content (AvgIpc) is 2.74. The fraction of sp³-hybridized carbons (Fsp3) is 0.588. The maximum atomic E-state index is 4.83. The molecular weight excluding hydrogens is 246 g/mol. The van der Waals surface area contributed by atoms with E-state index >= 15 is 0 Å². The number of rotatable bonds is 5. The molecule has 0 amide bonds. The van der Waals surface area contributed by atoms with E-state index in [4.69, 9.17) is 5.10 Å². The van der Waals surface area contributed by atoms with Crippen LogP contribution in [0.3, 0.4) is 0 Å². The van der Waals surface area contributed by atoms with Crippen molar-refractivity contribution in [3.63, 3.8) is 0 Å². The van der Waals surface area contributed by atoms with Gasteiger partial charge in [-0.25, -0.2) is 0 Å². The molecule has 1 aromatic heterocycles. The molecule has 3 heteroatoms. The third kappa shape index (κ3) is 3.60. The highest BCUT2D eigenvalue weighted by atomic mass is 15.3. The standard InChI is InChI=1S/C17H27N3/c1-6-13(2)12-20-16-10-8-7-9-14(16)15(19-20)11-18-17(3,4)5/h7-10,13,18H,6,11-12H2,1-5H3. The Hall–Kier alpha value is -1.35. The van der Waals surface area contributed by atoms with Crippen LogP contribution in [0.15, 0.2) is 24.3 Å². The zero-order chi connectivity index (χ0) is 14.8. The van der Waals surface area contributed by atoms with Gasteiger partial charge in [0.1, 0.15) is 0 Å². The summed E-state index contributed by atoms with van der Waals surface area (Å²) in [6, 6.07) is 8.54. The molecule has 0 saturated heterocycles. The van der Waals surface area contributed by atoms with E-state index in [0.29, 0.717) is 5.92 Å². The number of benzene rings is 1. The first-order valence-electron chi connectivity index (χ1n) is 7.60. The van der Waals surface area contributed by atoms with Crippen LogP contribution in [0.4, 0.5) is 0 Å². The molecule has 2 aromatic rings. The van der Waals surface area contributed by atoms with Gasteiger partial charge in [0.05, 0.1) is 11.2 Å². The molecule has 2 rings (SSSR count). The van der Waals surface area contributed by atoms with Gasteiger partial charge in [-0.2, -0.15) is 5.10 Å². The summed E-state index contributed by atoms with van der Waals surface area (Å²) in [7, 11) is 0. The number of nitrogens with one attached hydrogen (secondary N) is 1. The predicted octanol–water partition coefficient (Wildman–Crippen LogP) is 3.97. The van der Waals surface area contributed by atoms with Crippen molar-refractivity contribution in [1.29, 1.82) is 0 Å². The summed E-state index contributed by atoms with van der Waals surface area (Å²) in [6.45, 7) is 12.9. The number of aromatic nitrogens is 2. The molecule has 0 aliphatic rings. The SMILES string of the molecule is CCC(C)Cn1nc(CNC(C)(C)C)c2ccccc21. The van der Waals surface area contributed by atoms with Crippen molar-refractivity contribution in [3.8, 4) is 0 Å². The molecule has 0 saturated carbocycles. The lowest BCUT2D eigenvalue weighted by Crippen LogP contribution is -2.35. The van der Waals surface area contributed by atoms with Crippen molar-refractivity contribution in [2.24, 2.45) is 5.92 Å². The van der Waals surface area contributed by atoms with Gasteiger partial charge in [-0.3, -0.25) is 4.68 Å². The summed E-state index contributed by atoms with van der Waals surface area (Å²) < 4.78 is 2.17. The largest absolute Gasteiger partial charge is 0.306 e. The van der Waals surface area contributed by atoms with Crippen molar-refractivity contribution in [2.45, 2.75) is 59.7 Å². The van der Waals surface area contributed by atoms with Gasteiger partial charge in [-0.15, -0.1) is 0 Å². The van der Waals surface area contributed by atoms with E-state index in [2.05, 4.69) is 68.9 Å². The van der Waals surface area contributed by atoms with E-state index < -0.39 is 0 Å². The summed E-state index contributed by atoms with van der Waals surface area (Å²) in [6.07, 6.45) is 1.18. The topological polar surface area (TPSA) is 29.9 Å². The van der Waals surface area contributed by atoms with Crippen LogP contribution in [0, 0.1) is 5.92 Å². The lowest BCUT2D eigenvalue weighted by molar-refractivity contribution is 0.413. The molecule has 1 N–H and O–H groups in total. The zero-order valence-corrected chi connectivity index (χ0v) is 13.4.